The smallest absolute Gasteiger partial charge is 0.337 e. The summed E-state index contributed by atoms with van der Waals surface area (Å²) >= 11 is 0. The minimum Gasteiger partial charge on any atom is -0.465 e. The first kappa shape index (κ1) is 24.3. The molecule has 0 bridgehead atoms. The number of anilines is 3. The summed E-state index contributed by atoms with van der Waals surface area (Å²) in [5.74, 6) is -0.196. The van der Waals surface area contributed by atoms with E-state index in [0.29, 0.717) is 12.0 Å². The zero-order valence-electron chi connectivity index (χ0n) is 19.2. The number of hydrogen-bond acceptors (Lipinski definition) is 5. The molecule has 1 aliphatic heterocycles. The number of carbonyl (C=O) groups excluding carboxylic acids is 2. The van der Waals surface area contributed by atoms with Gasteiger partial charge in [0.15, 0.2) is 0 Å². The van der Waals surface area contributed by atoms with Crippen molar-refractivity contribution in [2.75, 3.05) is 42.8 Å². The number of hydrogen-bond donors (Lipinski definition) is 2. The van der Waals surface area contributed by atoms with Crippen LogP contribution in [0.5, 0.6) is 0 Å². The summed E-state index contributed by atoms with van der Waals surface area (Å²) in [4.78, 5) is 24.7. The lowest BCUT2D eigenvalue weighted by atomic mass is 10.1. The van der Waals surface area contributed by atoms with Gasteiger partial charge >= 0.3 is 5.97 Å². The quantitative estimate of drug-likeness (QED) is 0.432. The molecule has 0 aromatic heterocycles. The second-order valence-electron chi connectivity index (χ2n) is 7.58. The van der Waals surface area contributed by atoms with Crippen LogP contribution in [0.3, 0.4) is 0 Å². The Morgan fingerprint density at radius 1 is 1.06 bits per heavy atom. The van der Waals surface area contributed by atoms with Crippen molar-refractivity contribution in [3.63, 3.8) is 0 Å². The molecular formula is C25H35N3O3. The molecule has 2 aromatic rings. The predicted octanol–water partition coefficient (Wildman–Crippen LogP) is 5.10. The van der Waals surface area contributed by atoms with Gasteiger partial charge in [-0.3, -0.25) is 4.79 Å². The van der Waals surface area contributed by atoms with E-state index in [9.17, 15) is 9.59 Å². The Morgan fingerprint density at radius 3 is 2.42 bits per heavy atom. The number of nitrogens with zero attached hydrogens (tertiary/aromatic N) is 1. The number of rotatable bonds is 9. The van der Waals surface area contributed by atoms with Gasteiger partial charge < -0.3 is 20.3 Å². The van der Waals surface area contributed by atoms with E-state index in [0.717, 1.165) is 36.4 Å². The molecule has 31 heavy (non-hydrogen) atoms. The van der Waals surface area contributed by atoms with E-state index in [1.165, 1.54) is 32.1 Å². The first-order valence-corrected chi connectivity index (χ1v) is 11.1. The highest BCUT2D eigenvalue weighted by Crippen LogP contribution is 2.25. The SMILES string of the molecule is CCCCCN(CCC)c1ccc(C(=O)OC)cc1.CNc1ccc2c(c1)CC(=O)N2. The molecule has 0 unspecified atom stereocenters. The van der Waals surface area contributed by atoms with Crippen molar-refractivity contribution in [2.24, 2.45) is 0 Å². The Morgan fingerprint density at radius 2 is 1.81 bits per heavy atom. The van der Waals surface area contributed by atoms with Gasteiger partial charge in [-0.25, -0.2) is 4.79 Å². The van der Waals surface area contributed by atoms with E-state index in [1.807, 2.05) is 49.5 Å². The van der Waals surface area contributed by atoms with E-state index in [-0.39, 0.29) is 11.9 Å². The Labute approximate surface area is 186 Å². The van der Waals surface area contributed by atoms with Crippen LogP contribution in [-0.4, -0.2) is 39.1 Å². The van der Waals surface area contributed by atoms with Crippen LogP contribution < -0.4 is 15.5 Å². The first-order valence-electron chi connectivity index (χ1n) is 11.1. The van der Waals surface area contributed by atoms with Crippen molar-refractivity contribution in [2.45, 2.75) is 46.0 Å². The zero-order valence-corrected chi connectivity index (χ0v) is 19.2. The molecule has 6 nitrogen and oxygen atoms in total. The largest absolute Gasteiger partial charge is 0.465 e. The van der Waals surface area contributed by atoms with Crippen molar-refractivity contribution >= 4 is 28.9 Å². The summed E-state index contributed by atoms with van der Waals surface area (Å²) in [5, 5.41) is 5.81. The molecule has 0 radical (unpaired) electrons. The maximum atomic E-state index is 11.4. The number of benzene rings is 2. The highest BCUT2D eigenvalue weighted by molar-refractivity contribution is 5.99. The van der Waals surface area contributed by atoms with Crippen LogP contribution >= 0.6 is 0 Å². The molecule has 2 aromatic carbocycles. The average molecular weight is 426 g/mol. The third-order valence-corrected chi connectivity index (χ3v) is 5.20. The van der Waals surface area contributed by atoms with Crippen molar-refractivity contribution in [3.05, 3.63) is 53.6 Å². The number of carbonyl (C=O) groups is 2. The zero-order chi connectivity index (χ0) is 22.6. The number of methoxy groups -OCH3 is 1. The fourth-order valence-corrected chi connectivity index (χ4v) is 3.50. The number of esters is 1. The Hall–Kier alpha value is -3.02. The average Bonchev–Trinajstić information content (AvgIpc) is 3.17. The lowest BCUT2D eigenvalue weighted by Crippen LogP contribution is -2.25. The minimum atomic E-state index is -0.278. The number of nitrogens with one attached hydrogen (secondary N) is 2. The topological polar surface area (TPSA) is 70.7 Å². The Kier molecular flexibility index (Phi) is 9.88. The molecule has 1 aliphatic rings. The van der Waals surface area contributed by atoms with Crippen molar-refractivity contribution < 1.29 is 14.3 Å². The molecule has 6 heteroatoms. The molecule has 2 N–H and O–H groups in total. The monoisotopic (exact) mass is 425 g/mol. The third-order valence-electron chi connectivity index (χ3n) is 5.20. The number of fused-ring (bicyclic) bond motifs is 1. The highest BCUT2D eigenvalue weighted by Gasteiger charge is 2.16. The maximum absolute atomic E-state index is 11.4. The first-order chi connectivity index (χ1) is 15.0. The molecule has 168 valence electrons. The second kappa shape index (κ2) is 12.6. The lowest BCUT2D eigenvalue weighted by Gasteiger charge is -2.24. The number of unbranched alkanes of at least 4 members (excludes halogenated alkanes) is 2. The third kappa shape index (κ3) is 7.31. The Balaban J connectivity index is 0.000000242. The molecule has 0 spiro atoms. The van der Waals surface area contributed by atoms with Gasteiger partial charge in [-0.1, -0.05) is 26.7 Å². The van der Waals surface area contributed by atoms with Crippen LogP contribution in [0.15, 0.2) is 42.5 Å². The fourth-order valence-electron chi connectivity index (χ4n) is 3.50. The lowest BCUT2D eigenvalue weighted by molar-refractivity contribution is -0.115. The van der Waals surface area contributed by atoms with Gasteiger partial charge in [0.1, 0.15) is 0 Å². The standard InChI is InChI=1S/C16H25NO2.C9H10N2O/c1-4-6-7-13-17(12-5-2)15-10-8-14(9-11-15)16(18)19-3;1-10-7-2-3-8-6(4-7)5-9(12)11-8/h8-11H,4-7,12-13H2,1-3H3;2-4,10H,5H2,1H3,(H,11,12). The van der Waals surface area contributed by atoms with E-state index in [1.54, 1.807) is 0 Å². The summed E-state index contributed by atoms with van der Waals surface area (Å²) in [6.45, 7) is 6.55. The van der Waals surface area contributed by atoms with Crippen molar-refractivity contribution in [1.29, 1.82) is 0 Å². The van der Waals surface area contributed by atoms with Crippen LogP contribution in [0, 0.1) is 0 Å². The molecule has 0 fully saturated rings. The number of ether oxygens (including phenoxy) is 1. The summed E-state index contributed by atoms with van der Waals surface area (Å²) in [7, 11) is 3.27. The van der Waals surface area contributed by atoms with Crippen LogP contribution in [0.2, 0.25) is 0 Å². The normalized spacial score (nSPS) is 11.7. The summed E-state index contributed by atoms with van der Waals surface area (Å²) in [5.41, 5.74) is 4.86. The maximum Gasteiger partial charge on any atom is 0.337 e. The van der Waals surface area contributed by atoms with Crippen LogP contribution in [0.25, 0.3) is 0 Å². The summed E-state index contributed by atoms with van der Waals surface area (Å²) in [6.07, 6.45) is 5.35. The van der Waals surface area contributed by atoms with Crippen molar-refractivity contribution in [1.82, 2.24) is 0 Å². The molecule has 1 heterocycles. The van der Waals surface area contributed by atoms with Gasteiger partial charge in [-0.15, -0.1) is 0 Å². The molecule has 3 rings (SSSR count). The van der Waals surface area contributed by atoms with Crippen molar-refractivity contribution in [3.8, 4) is 0 Å². The van der Waals surface area contributed by atoms with Gasteiger partial charge in [0, 0.05) is 37.2 Å². The molecular weight excluding hydrogens is 390 g/mol. The van der Waals surface area contributed by atoms with Gasteiger partial charge in [0.2, 0.25) is 5.91 Å². The van der Waals surface area contributed by atoms with Crippen LogP contribution in [0.4, 0.5) is 17.1 Å². The Bertz CT molecular complexity index is 850. The van der Waals surface area contributed by atoms with Crippen LogP contribution in [0.1, 0.15) is 55.5 Å². The predicted molar refractivity (Wildman–Crippen MR) is 128 cm³/mol. The highest BCUT2D eigenvalue weighted by atomic mass is 16.5. The molecule has 0 saturated carbocycles. The van der Waals surface area contributed by atoms with E-state index in [2.05, 4.69) is 29.4 Å². The molecule has 1 amide bonds. The van der Waals surface area contributed by atoms with Gasteiger partial charge in [0.05, 0.1) is 19.1 Å². The van der Waals surface area contributed by atoms with Gasteiger partial charge in [-0.2, -0.15) is 0 Å². The van der Waals surface area contributed by atoms with Gasteiger partial charge in [0.25, 0.3) is 0 Å². The number of amides is 1. The molecule has 0 aliphatic carbocycles. The fraction of sp³-hybridized carbons (Fsp3) is 0.440. The minimum absolute atomic E-state index is 0.0817. The second-order valence-corrected chi connectivity index (χ2v) is 7.58. The summed E-state index contributed by atoms with van der Waals surface area (Å²) in [6, 6.07) is 13.6. The van der Waals surface area contributed by atoms with Gasteiger partial charge in [-0.05, 0) is 60.9 Å². The van der Waals surface area contributed by atoms with E-state index in [4.69, 9.17) is 4.74 Å². The summed E-state index contributed by atoms with van der Waals surface area (Å²) < 4.78 is 4.71. The molecule has 0 saturated heterocycles. The van der Waals surface area contributed by atoms with E-state index >= 15 is 0 Å². The van der Waals surface area contributed by atoms with Crippen LogP contribution in [-0.2, 0) is 16.0 Å². The van der Waals surface area contributed by atoms with E-state index < -0.39 is 0 Å². The molecule has 0 atom stereocenters.